The molecule has 8 nitrogen and oxygen atoms in total. The molecule has 0 saturated heterocycles. The smallest absolute Gasteiger partial charge is 0.243 e. The van der Waals surface area contributed by atoms with E-state index >= 15 is 0 Å². The van der Waals surface area contributed by atoms with Crippen LogP contribution in [0.2, 0.25) is 0 Å². The predicted molar refractivity (Wildman–Crippen MR) is 111 cm³/mol. The highest BCUT2D eigenvalue weighted by molar-refractivity contribution is 6.16. The van der Waals surface area contributed by atoms with Crippen LogP contribution in [0.4, 0.5) is 0 Å². The third-order valence-electron chi connectivity index (χ3n) is 5.77. The van der Waals surface area contributed by atoms with E-state index in [-0.39, 0.29) is 18.1 Å². The molecule has 1 aromatic heterocycles. The molecule has 0 spiro atoms. The van der Waals surface area contributed by atoms with Gasteiger partial charge in [0.25, 0.3) is 0 Å². The fourth-order valence-electron chi connectivity index (χ4n) is 4.37. The van der Waals surface area contributed by atoms with E-state index in [1.54, 1.807) is 27.4 Å². The maximum absolute atomic E-state index is 10.3. The number of aliphatic hydroxyl groups is 1. The van der Waals surface area contributed by atoms with Crippen LogP contribution in [-0.2, 0) is 0 Å². The van der Waals surface area contributed by atoms with Crippen molar-refractivity contribution in [1.29, 1.82) is 0 Å². The summed E-state index contributed by atoms with van der Waals surface area (Å²) in [6.07, 6.45) is 1.88. The lowest BCUT2D eigenvalue weighted by atomic mass is 9.74. The number of aliphatic hydroxyl groups excluding tert-OH is 1. The number of benzene rings is 1. The lowest BCUT2D eigenvalue weighted by molar-refractivity contribution is 0.111. The van der Waals surface area contributed by atoms with Crippen LogP contribution in [0, 0.1) is 0 Å². The van der Waals surface area contributed by atoms with Crippen LogP contribution in [0.3, 0.4) is 0 Å². The molecular formula is C22H27N3O5. The Morgan fingerprint density at radius 1 is 0.967 bits per heavy atom. The second-order valence-corrected chi connectivity index (χ2v) is 7.45. The van der Waals surface area contributed by atoms with Crippen molar-refractivity contribution in [3.8, 4) is 23.3 Å². The summed E-state index contributed by atoms with van der Waals surface area (Å²) in [5, 5.41) is 18.5. The van der Waals surface area contributed by atoms with Crippen molar-refractivity contribution >= 4 is 5.71 Å². The molecule has 1 fully saturated rings. The van der Waals surface area contributed by atoms with Crippen molar-refractivity contribution in [3.63, 3.8) is 0 Å². The first-order valence-corrected chi connectivity index (χ1v) is 10.2. The van der Waals surface area contributed by atoms with Crippen molar-refractivity contribution in [2.24, 2.45) is 4.99 Å². The molecule has 3 atom stereocenters. The lowest BCUT2D eigenvalue weighted by Gasteiger charge is -2.37. The van der Waals surface area contributed by atoms with Crippen LogP contribution in [0.5, 0.6) is 23.3 Å². The summed E-state index contributed by atoms with van der Waals surface area (Å²) in [6, 6.07) is 5.82. The first kappa shape index (κ1) is 20.4. The minimum Gasteiger partial charge on any atom is -0.493 e. The summed E-state index contributed by atoms with van der Waals surface area (Å²) in [4.78, 5) is 5.09. The summed E-state index contributed by atoms with van der Waals surface area (Å²) in [5.41, 5.74) is 3.47. The van der Waals surface area contributed by atoms with E-state index < -0.39 is 0 Å². The minimum atomic E-state index is -0.328. The molecule has 1 aliphatic carbocycles. The number of rotatable bonds is 6. The molecule has 30 heavy (non-hydrogen) atoms. The first-order chi connectivity index (χ1) is 14.6. The highest BCUT2D eigenvalue weighted by Crippen LogP contribution is 2.45. The predicted octanol–water partition coefficient (Wildman–Crippen LogP) is 2.75. The van der Waals surface area contributed by atoms with Crippen molar-refractivity contribution in [1.82, 2.24) is 10.2 Å². The van der Waals surface area contributed by atoms with Gasteiger partial charge in [0.2, 0.25) is 11.8 Å². The van der Waals surface area contributed by atoms with Crippen LogP contribution in [0.1, 0.15) is 48.8 Å². The van der Waals surface area contributed by atoms with Gasteiger partial charge in [0.15, 0.2) is 11.5 Å². The molecule has 4 rings (SSSR count). The minimum absolute atomic E-state index is 0.0580. The molecule has 1 aliphatic heterocycles. The zero-order valence-corrected chi connectivity index (χ0v) is 17.7. The van der Waals surface area contributed by atoms with Gasteiger partial charge in [-0.2, -0.15) is 0 Å². The topological polar surface area (TPSA) is 95.3 Å². The SMILES string of the molecule is CCOc1cc2c(cc1OC)C(c1cc(OC)nnc1OC)=NC1CCC(O)CC21. The number of fused-ring (bicyclic) bond motifs is 3. The monoisotopic (exact) mass is 413 g/mol. The Bertz CT molecular complexity index is 962. The van der Waals surface area contributed by atoms with Gasteiger partial charge in [-0.3, -0.25) is 4.99 Å². The van der Waals surface area contributed by atoms with Gasteiger partial charge in [-0.05, 0) is 43.9 Å². The normalized spacial score (nSPS) is 22.4. The van der Waals surface area contributed by atoms with E-state index in [0.717, 1.165) is 29.7 Å². The number of methoxy groups -OCH3 is 3. The van der Waals surface area contributed by atoms with Crippen LogP contribution in [0.15, 0.2) is 23.2 Å². The van der Waals surface area contributed by atoms with E-state index in [2.05, 4.69) is 10.2 Å². The van der Waals surface area contributed by atoms with Gasteiger partial charge in [-0.15, -0.1) is 10.2 Å². The van der Waals surface area contributed by atoms with Crippen molar-refractivity contribution in [3.05, 3.63) is 34.9 Å². The van der Waals surface area contributed by atoms with Crippen molar-refractivity contribution in [2.45, 2.75) is 44.2 Å². The zero-order valence-electron chi connectivity index (χ0n) is 17.7. The van der Waals surface area contributed by atoms with E-state index in [0.29, 0.717) is 41.9 Å². The maximum Gasteiger partial charge on any atom is 0.243 e. The van der Waals surface area contributed by atoms with Crippen LogP contribution >= 0.6 is 0 Å². The lowest BCUT2D eigenvalue weighted by Crippen LogP contribution is -2.34. The highest BCUT2D eigenvalue weighted by Gasteiger charge is 2.38. The quantitative estimate of drug-likeness (QED) is 0.778. The number of hydrogen-bond donors (Lipinski definition) is 1. The van der Waals surface area contributed by atoms with Gasteiger partial charge < -0.3 is 24.1 Å². The molecule has 1 saturated carbocycles. The zero-order chi connectivity index (χ0) is 21.3. The van der Waals surface area contributed by atoms with Gasteiger partial charge in [-0.25, -0.2) is 0 Å². The van der Waals surface area contributed by atoms with Crippen LogP contribution < -0.4 is 18.9 Å². The molecular weight excluding hydrogens is 386 g/mol. The largest absolute Gasteiger partial charge is 0.493 e. The molecule has 2 heterocycles. The molecule has 3 unspecified atom stereocenters. The fourth-order valence-corrected chi connectivity index (χ4v) is 4.37. The second-order valence-electron chi connectivity index (χ2n) is 7.45. The van der Waals surface area contributed by atoms with E-state index in [9.17, 15) is 5.11 Å². The fraction of sp³-hybridized carbons (Fsp3) is 0.500. The molecule has 8 heteroatoms. The van der Waals surface area contributed by atoms with Gasteiger partial charge in [0.1, 0.15) is 0 Å². The van der Waals surface area contributed by atoms with Gasteiger partial charge in [-0.1, -0.05) is 0 Å². The van der Waals surface area contributed by atoms with E-state index in [1.165, 1.54) is 0 Å². The first-order valence-electron chi connectivity index (χ1n) is 10.2. The number of aromatic nitrogens is 2. The summed E-state index contributed by atoms with van der Waals surface area (Å²) in [5.74, 6) is 2.19. The summed E-state index contributed by atoms with van der Waals surface area (Å²) in [7, 11) is 4.73. The van der Waals surface area contributed by atoms with Crippen LogP contribution in [0.25, 0.3) is 0 Å². The number of hydrogen-bond acceptors (Lipinski definition) is 8. The number of aliphatic imine (C=N–C) groups is 1. The van der Waals surface area contributed by atoms with Gasteiger partial charge in [0.05, 0.1) is 51.4 Å². The molecule has 160 valence electrons. The highest BCUT2D eigenvalue weighted by atomic mass is 16.5. The molecule has 0 radical (unpaired) electrons. The Balaban J connectivity index is 1.93. The van der Waals surface area contributed by atoms with E-state index in [4.69, 9.17) is 23.9 Å². The Hall–Kier alpha value is -2.87. The third-order valence-corrected chi connectivity index (χ3v) is 5.77. The number of ether oxygens (including phenoxy) is 4. The number of nitrogens with zero attached hydrogens (tertiary/aromatic N) is 3. The van der Waals surface area contributed by atoms with Crippen LogP contribution in [-0.4, -0.2) is 61.1 Å². The average Bonchev–Trinajstić information content (AvgIpc) is 2.78. The molecule has 2 aliphatic rings. The molecule has 1 aromatic carbocycles. The summed E-state index contributed by atoms with van der Waals surface area (Å²) >= 11 is 0. The van der Waals surface area contributed by atoms with Crippen molar-refractivity contribution < 1.29 is 24.1 Å². The third kappa shape index (κ3) is 3.56. The molecule has 1 N–H and O–H groups in total. The second kappa shape index (κ2) is 8.47. The maximum atomic E-state index is 10.3. The molecule has 0 bridgehead atoms. The van der Waals surface area contributed by atoms with E-state index in [1.807, 2.05) is 19.1 Å². The Kier molecular flexibility index (Phi) is 5.76. The molecule has 0 amide bonds. The van der Waals surface area contributed by atoms with Gasteiger partial charge in [0, 0.05) is 17.5 Å². The summed E-state index contributed by atoms with van der Waals surface area (Å²) < 4.78 is 22.2. The Morgan fingerprint density at radius 2 is 1.80 bits per heavy atom. The summed E-state index contributed by atoms with van der Waals surface area (Å²) in [6.45, 7) is 2.48. The van der Waals surface area contributed by atoms with Crippen molar-refractivity contribution in [2.75, 3.05) is 27.9 Å². The Labute approximate surface area is 175 Å². The molecule has 2 aromatic rings. The average molecular weight is 413 g/mol. The standard InChI is InChI=1S/C22H27N3O5/c1-5-30-19-9-13-14-8-12(26)6-7-17(14)23-21(15(13)10-18(19)27-2)16-11-20(28-3)24-25-22(16)29-4/h9-12,14,17,26H,5-8H2,1-4H3. The Morgan fingerprint density at radius 3 is 2.50 bits per heavy atom. The van der Waals surface area contributed by atoms with Gasteiger partial charge >= 0.3 is 0 Å².